The van der Waals surface area contributed by atoms with Gasteiger partial charge in [-0.05, 0) is 37.1 Å². The Kier molecular flexibility index (Phi) is 7.25. The molecular weight excluding hydrogens is 390 g/mol. The van der Waals surface area contributed by atoms with Gasteiger partial charge in [-0.2, -0.15) is 0 Å². The number of fused-ring (bicyclic) bond motifs is 1. The topological polar surface area (TPSA) is 80.5 Å². The van der Waals surface area contributed by atoms with E-state index in [-0.39, 0.29) is 11.4 Å². The lowest BCUT2D eigenvalue weighted by Gasteiger charge is -2.32. The number of hydrogen-bond acceptors (Lipinski definition) is 5. The zero-order chi connectivity index (χ0) is 22.6. The SMILES string of the molecule is C=C(/C(C)=C\C(=N)N(C)C(=O)/C=C/C(C)O)N1CCc2ncc(C(C)(F)F)cc2C1. The van der Waals surface area contributed by atoms with Gasteiger partial charge in [-0.3, -0.25) is 20.1 Å². The Morgan fingerprint density at radius 3 is 2.77 bits per heavy atom. The summed E-state index contributed by atoms with van der Waals surface area (Å²) >= 11 is 0. The highest BCUT2D eigenvalue weighted by Crippen LogP contribution is 2.30. The number of likely N-dealkylation sites (N-methyl/N-ethyl adjacent to an activating group) is 1. The van der Waals surface area contributed by atoms with E-state index >= 15 is 0 Å². The van der Waals surface area contributed by atoms with Crippen molar-refractivity contribution in [2.24, 2.45) is 0 Å². The maximum absolute atomic E-state index is 13.6. The Bertz CT molecular complexity index is 901. The molecule has 6 nitrogen and oxygen atoms in total. The average Bonchev–Trinajstić information content (AvgIpc) is 2.69. The molecule has 1 aromatic heterocycles. The second-order valence-corrected chi connectivity index (χ2v) is 7.55. The number of aliphatic hydroxyl groups is 1. The Morgan fingerprint density at radius 1 is 1.50 bits per heavy atom. The fraction of sp³-hybridized carbons (Fsp3) is 0.409. The summed E-state index contributed by atoms with van der Waals surface area (Å²) in [4.78, 5) is 19.3. The highest BCUT2D eigenvalue weighted by atomic mass is 19.3. The maximum atomic E-state index is 13.6. The maximum Gasteiger partial charge on any atom is 0.272 e. The van der Waals surface area contributed by atoms with E-state index in [1.807, 2.05) is 4.90 Å². The predicted molar refractivity (Wildman–Crippen MR) is 112 cm³/mol. The summed E-state index contributed by atoms with van der Waals surface area (Å²) in [5.41, 5.74) is 2.76. The second kappa shape index (κ2) is 9.30. The average molecular weight is 418 g/mol. The van der Waals surface area contributed by atoms with Crippen molar-refractivity contribution >= 4 is 11.7 Å². The van der Waals surface area contributed by atoms with Crippen molar-refractivity contribution in [3.05, 3.63) is 65.2 Å². The fourth-order valence-electron chi connectivity index (χ4n) is 2.98. The molecule has 2 heterocycles. The number of rotatable bonds is 6. The number of nitrogens with one attached hydrogen (secondary N) is 1. The number of carbonyl (C=O) groups excluding carboxylic acids is 1. The fourth-order valence-corrected chi connectivity index (χ4v) is 2.98. The standard InChI is InChI=1S/C22H28F2N4O2/c1-14(10-20(25)27(5)21(30)7-6-15(2)29)16(3)28-9-8-19-17(13-28)11-18(12-26-19)22(4,23)24/h6-7,10-12,15,25,29H,3,8-9,13H2,1-2,4-5H3/b7-6+,14-10-,25-20?. The third-order valence-corrected chi connectivity index (χ3v) is 4.95. The lowest BCUT2D eigenvalue weighted by Crippen LogP contribution is -2.32. The molecule has 0 saturated heterocycles. The number of amidine groups is 1. The largest absolute Gasteiger partial charge is 0.389 e. The first-order valence-electron chi connectivity index (χ1n) is 9.61. The zero-order valence-corrected chi connectivity index (χ0v) is 17.7. The number of alkyl halides is 2. The van der Waals surface area contributed by atoms with Gasteiger partial charge in [0.25, 0.3) is 11.8 Å². The van der Waals surface area contributed by atoms with E-state index in [9.17, 15) is 18.7 Å². The number of pyridine rings is 1. The van der Waals surface area contributed by atoms with Gasteiger partial charge in [0.15, 0.2) is 0 Å². The molecule has 1 atom stereocenters. The first kappa shape index (κ1) is 23.4. The van der Waals surface area contributed by atoms with Crippen molar-refractivity contribution in [2.45, 2.75) is 45.8 Å². The van der Waals surface area contributed by atoms with Crippen molar-refractivity contribution in [1.82, 2.24) is 14.8 Å². The number of halogens is 2. The smallest absolute Gasteiger partial charge is 0.272 e. The molecule has 8 heteroatoms. The number of amides is 1. The van der Waals surface area contributed by atoms with Crippen LogP contribution in [0.25, 0.3) is 0 Å². The Labute approximate surface area is 175 Å². The normalized spacial score (nSPS) is 15.7. The summed E-state index contributed by atoms with van der Waals surface area (Å²) in [6.07, 6.45) is 5.17. The molecule has 0 fully saturated rings. The highest BCUT2D eigenvalue weighted by molar-refractivity contribution is 6.06. The Hall–Kier alpha value is -2.87. The van der Waals surface area contributed by atoms with Crippen molar-refractivity contribution in [1.29, 1.82) is 5.41 Å². The molecule has 1 aliphatic heterocycles. The Balaban J connectivity index is 2.11. The minimum atomic E-state index is -2.95. The quantitative estimate of drug-likeness (QED) is 0.321. The van der Waals surface area contributed by atoms with Crippen LogP contribution >= 0.6 is 0 Å². The van der Waals surface area contributed by atoms with Crippen LogP contribution in [-0.2, 0) is 23.7 Å². The number of hydrogen-bond donors (Lipinski definition) is 2. The first-order valence-corrected chi connectivity index (χ1v) is 9.61. The molecule has 2 N–H and O–H groups in total. The predicted octanol–water partition coefficient (Wildman–Crippen LogP) is 3.38. The molecule has 1 amide bonds. The molecule has 1 aliphatic rings. The summed E-state index contributed by atoms with van der Waals surface area (Å²) in [7, 11) is 1.47. The monoisotopic (exact) mass is 418 g/mol. The lowest BCUT2D eigenvalue weighted by atomic mass is 10.0. The van der Waals surface area contributed by atoms with E-state index in [0.717, 1.165) is 23.1 Å². The number of aromatic nitrogens is 1. The summed E-state index contributed by atoms with van der Waals surface area (Å²) in [5.74, 6) is -3.41. The third kappa shape index (κ3) is 5.82. The second-order valence-electron chi connectivity index (χ2n) is 7.55. The molecule has 162 valence electrons. The van der Waals surface area contributed by atoms with Gasteiger partial charge in [0.1, 0.15) is 5.84 Å². The summed E-state index contributed by atoms with van der Waals surface area (Å²) in [5, 5.41) is 17.4. The van der Waals surface area contributed by atoms with Crippen molar-refractivity contribution in [2.75, 3.05) is 13.6 Å². The van der Waals surface area contributed by atoms with Gasteiger partial charge >= 0.3 is 0 Å². The van der Waals surface area contributed by atoms with E-state index in [0.29, 0.717) is 30.8 Å². The Morgan fingerprint density at radius 2 is 2.17 bits per heavy atom. The highest BCUT2D eigenvalue weighted by Gasteiger charge is 2.27. The van der Waals surface area contributed by atoms with Gasteiger partial charge in [-0.1, -0.05) is 12.7 Å². The molecule has 0 aliphatic carbocycles. The van der Waals surface area contributed by atoms with Gasteiger partial charge in [0, 0.05) is 62.7 Å². The number of nitrogens with zero attached hydrogens (tertiary/aromatic N) is 3. The summed E-state index contributed by atoms with van der Waals surface area (Å²) in [6.45, 7) is 9.27. The van der Waals surface area contributed by atoms with Crippen LogP contribution in [0.4, 0.5) is 8.78 Å². The van der Waals surface area contributed by atoms with Gasteiger partial charge < -0.3 is 10.0 Å². The van der Waals surface area contributed by atoms with Crippen LogP contribution in [0, 0.1) is 5.41 Å². The van der Waals surface area contributed by atoms with Gasteiger partial charge in [0.05, 0.1) is 6.10 Å². The van der Waals surface area contributed by atoms with Crippen LogP contribution < -0.4 is 0 Å². The van der Waals surface area contributed by atoms with Gasteiger partial charge in [0.2, 0.25) is 0 Å². The van der Waals surface area contributed by atoms with Crippen molar-refractivity contribution in [3.63, 3.8) is 0 Å². The van der Waals surface area contributed by atoms with E-state index in [4.69, 9.17) is 5.41 Å². The molecule has 0 saturated carbocycles. The number of carbonyl (C=O) groups is 1. The van der Waals surface area contributed by atoms with E-state index in [2.05, 4.69) is 11.6 Å². The molecule has 0 spiro atoms. The van der Waals surface area contributed by atoms with Crippen LogP contribution in [0.15, 0.2) is 48.3 Å². The lowest BCUT2D eigenvalue weighted by molar-refractivity contribution is -0.121. The van der Waals surface area contributed by atoms with Gasteiger partial charge in [-0.15, -0.1) is 0 Å². The van der Waals surface area contributed by atoms with Gasteiger partial charge in [-0.25, -0.2) is 8.78 Å². The number of allylic oxidation sites excluding steroid dienone is 1. The van der Waals surface area contributed by atoms with E-state index in [1.165, 1.54) is 44.5 Å². The first-order chi connectivity index (χ1) is 13.9. The van der Waals surface area contributed by atoms with Crippen molar-refractivity contribution < 1.29 is 18.7 Å². The van der Waals surface area contributed by atoms with Crippen LogP contribution in [-0.4, -0.2) is 51.3 Å². The van der Waals surface area contributed by atoms with Crippen LogP contribution in [0.3, 0.4) is 0 Å². The summed E-state index contributed by atoms with van der Waals surface area (Å²) in [6, 6.07) is 1.49. The minimum Gasteiger partial charge on any atom is -0.389 e. The van der Waals surface area contributed by atoms with Crippen molar-refractivity contribution in [3.8, 4) is 0 Å². The molecule has 1 aromatic rings. The van der Waals surface area contributed by atoms with Crippen LogP contribution in [0.1, 0.15) is 37.6 Å². The van der Waals surface area contributed by atoms with Crippen LogP contribution in [0.2, 0.25) is 0 Å². The molecule has 0 radical (unpaired) electrons. The third-order valence-electron chi connectivity index (χ3n) is 4.95. The molecule has 2 rings (SSSR count). The zero-order valence-electron chi connectivity index (χ0n) is 17.7. The molecule has 30 heavy (non-hydrogen) atoms. The molecule has 0 bridgehead atoms. The molecular formula is C22H28F2N4O2. The molecule has 0 aromatic carbocycles. The van der Waals surface area contributed by atoms with Crippen LogP contribution in [0.5, 0.6) is 0 Å². The minimum absolute atomic E-state index is 0.0270. The molecule has 1 unspecified atom stereocenters. The van der Waals surface area contributed by atoms with E-state index < -0.39 is 17.9 Å². The van der Waals surface area contributed by atoms with E-state index in [1.54, 1.807) is 6.92 Å². The number of aliphatic hydroxyl groups excluding tert-OH is 1. The summed E-state index contributed by atoms with van der Waals surface area (Å²) < 4.78 is 27.3.